The number of amides is 2. The van der Waals surface area contributed by atoms with Crippen LogP contribution in [0.1, 0.15) is 162 Å². The lowest BCUT2D eigenvalue weighted by molar-refractivity contribution is -0.158. The highest BCUT2D eigenvalue weighted by Gasteiger charge is 2.36. The van der Waals surface area contributed by atoms with Crippen LogP contribution in [0.15, 0.2) is 42.5 Å². The summed E-state index contributed by atoms with van der Waals surface area (Å²) in [5, 5.41) is 8.38. The smallest absolute Gasteiger partial charge is 0.314 e. The Bertz CT molecular complexity index is 2430. The first kappa shape index (κ1) is 57.0. The standard InChI is InChI=1S/C57H77N5O12S/c1-5-6-7-10-31-62(57-61-48-11-8-9-12-50(48)75-57)59-33-46-32-47(73-55(69)44-27-19-41(20-28-44)52(66)60-37(4)72-54(68)43-23-15-39(16-24-43)36(3)64)29-30-49(46)74-56(70)45-25-17-40(18-26-45)51(65)58-34-71-53(67)42-21-13-38(14-22-42)35(2)63/h8-9,11-12,29-30,32,37-45,59H,5-7,10,13-28,31,33-34H2,1-4H3,(H,58,65)(H,60,66). The number of carbonyl (C=O) groups excluding carboxylic acids is 8. The number of nitrogens with one attached hydrogen (secondary N) is 3. The van der Waals surface area contributed by atoms with Crippen LogP contribution in [-0.2, 0) is 54.4 Å². The summed E-state index contributed by atoms with van der Waals surface area (Å²) < 4.78 is 24.2. The summed E-state index contributed by atoms with van der Waals surface area (Å²) in [7, 11) is 0. The molecule has 75 heavy (non-hydrogen) atoms. The van der Waals surface area contributed by atoms with E-state index >= 15 is 0 Å². The van der Waals surface area contributed by atoms with Gasteiger partial charge in [0.1, 0.15) is 23.1 Å². The van der Waals surface area contributed by atoms with Gasteiger partial charge in [0, 0.05) is 42.3 Å². The fraction of sp³-hybridized carbons (Fsp3) is 0.632. The van der Waals surface area contributed by atoms with Gasteiger partial charge in [0.05, 0.1) is 33.9 Å². The lowest BCUT2D eigenvalue weighted by atomic mass is 9.80. The third kappa shape index (κ3) is 16.4. The second-order valence-electron chi connectivity index (χ2n) is 21.3. The van der Waals surface area contributed by atoms with Crippen LogP contribution in [0.25, 0.3) is 10.2 Å². The molecule has 3 aromatic rings. The quantitative estimate of drug-likeness (QED) is 0.0265. The molecule has 1 atom stereocenters. The number of ketones is 2. The van der Waals surface area contributed by atoms with Crippen molar-refractivity contribution in [3.8, 4) is 11.5 Å². The van der Waals surface area contributed by atoms with Gasteiger partial charge >= 0.3 is 23.9 Å². The molecule has 2 amide bonds. The Balaban J connectivity index is 0.936. The maximum absolute atomic E-state index is 13.9. The average molecular weight is 1060 g/mol. The Morgan fingerprint density at radius 2 is 1.16 bits per heavy atom. The van der Waals surface area contributed by atoms with Crippen molar-refractivity contribution >= 4 is 73.9 Å². The van der Waals surface area contributed by atoms with Gasteiger partial charge in [-0.3, -0.25) is 43.4 Å². The van der Waals surface area contributed by atoms with Crippen molar-refractivity contribution < 1.29 is 57.3 Å². The number of hydrazine groups is 1. The van der Waals surface area contributed by atoms with Gasteiger partial charge in [-0.2, -0.15) is 0 Å². The summed E-state index contributed by atoms with van der Waals surface area (Å²) in [6, 6.07) is 12.9. The molecule has 4 aliphatic carbocycles. The van der Waals surface area contributed by atoms with Crippen LogP contribution in [0.5, 0.6) is 11.5 Å². The SMILES string of the molecule is CCCCCCN(NCc1cc(OC(=O)C2CCC(C(=O)NC(C)OC(=O)C3CCC(C(C)=O)CC3)CC2)ccc1OC(=O)C1CCC(C(=O)NCOC(=O)C2CCC(C(C)=O)CC2)CC1)c1nc2ccccc2s1. The van der Waals surface area contributed by atoms with E-state index in [1.807, 2.05) is 29.3 Å². The van der Waals surface area contributed by atoms with E-state index in [9.17, 15) is 38.4 Å². The van der Waals surface area contributed by atoms with Crippen molar-refractivity contribution in [2.24, 2.45) is 47.3 Å². The number of fused-ring (bicyclic) bond motifs is 1. The van der Waals surface area contributed by atoms with Crippen LogP contribution in [0.3, 0.4) is 0 Å². The Morgan fingerprint density at radius 1 is 0.627 bits per heavy atom. The highest BCUT2D eigenvalue weighted by Crippen LogP contribution is 2.36. The number of carbonyl (C=O) groups is 8. The maximum Gasteiger partial charge on any atom is 0.314 e. The predicted octanol–water partition coefficient (Wildman–Crippen LogP) is 9.22. The monoisotopic (exact) mass is 1060 g/mol. The Morgan fingerprint density at radius 3 is 1.75 bits per heavy atom. The van der Waals surface area contributed by atoms with Crippen LogP contribution in [0, 0.1) is 47.3 Å². The van der Waals surface area contributed by atoms with Crippen molar-refractivity contribution in [3.63, 3.8) is 0 Å². The van der Waals surface area contributed by atoms with E-state index in [2.05, 4.69) is 23.0 Å². The number of para-hydroxylation sites is 1. The number of hydrogen-bond acceptors (Lipinski definition) is 16. The highest BCUT2D eigenvalue weighted by atomic mass is 32.1. The predicted molar refractivity (Wildman–Crippen MR) is 282 cm³/mol. The van der Waals surface area contributed by atoms with E-state index < -0.39 is 30.0 Å². The van der Waals surface area contributed by atoms with Gasteiger partial charge in [-0.25, -0.2) is 10.4 Å². The van der Waals surface area contributed by atoms with E-state index in [1.165, 1.54) is 0 Å². The van der Waals surface area contributed by atoms with Gasteiger partial charge < -0.3 is 29.6 Å². The molecule has 7 rings (SSSR count). The molecule has 1 heterocycles. The molecule has 4 saturated carbocycles. The van der Waals surface area contributed by atoms with Gasteiger partial charge in [0.2, 0.25) is 16.9 Å². The minimum absolute atomic E-state index is 0.00211. The molecule has 0 radical (unpaired) electrons. The first-order valence-electron chi connectivity index (χ1n) is 27.5. The van der Waals surface area contributed by atoms with Crippen molar-refractivity contribution in [1.82, 2.24) is 21.0 Å². The lowest BCUT2D eigenvalue weighted by Gasteiger charge is -2.29. The number of aromatic nitrogens is 1. The lowest BCUT2D eigenvalue weighted by Crippen LogP contribution is -2.42. The van der Waals surface area contributed by atoms with Gasteiger partial charge in [-0.1, -0.05) is 49.7 Å². The van der Waals surface area contributed by atoms with Crippen LogP contribution in [0.2, 0.25) is 0 Å². The fourth-order valence-corrected chi connectivity index (χ4v) is 12.0. The molecule has 1 unspecified atom stereocenters. The number of nitrogens with zero attached hydrogens (tertiary/aromatic N) is 2. The van der Waals surface area contributed by atoms with Gasteiger partial charge in [0.15, 0.2) is 13.0 Å². The number of anilines is 1. The molecule has 0 spiro atoms. The summed E-state index contributed by atoms with van der Waals surface area (Å²) >= 11 is 1.58. The zero-order chi connectivity index (χ0) is 53.4. The fourth-order valence-electron chi connectivity index (χ4n) is 11.1. The normalized spacial score (nSPS) is 24.2. The molecular formula is C57H77N5O12S. The van der Waals surface area contributed by atoms with Crippen LogP contribution in [0.4, 0.5) is 5.13 Å². The number of thiazole rings is 1. The summed E-state index contributed by atoms with van der Waals surface area (Å²) in [6.07, 6.45) is 11.9. The number of rotatable bonds is 23. The first-order chi connectivity index (χ1) is 36.1. The molecule has 408 valence electrons. The zero-order valence-electron chi connectivity index (χ0n) is 44.2. The van der Waals surface area contributed by atoms with E-state index in [4.69, 9.17) is 23.9 Å². The third-order valence-electron chi connectivity index (χ3n) is 15.9. The molecule has 1 aromatic heterocycles. The molecule has 0 bridgehead atoms. The van der Waals surface area contributed by atoms with Crippen molar-refractivity contribution in [3.05, 3.63) is 48.0 Å². The number of hydrogen-bond donors (Lipinski definition) is 3. The Hall–Kier alpha value is -5.75. The van der Waals surface area contributed by atoms with E-state index in [0.717, 1.165) is 41.0 Å². The molecule has 17 nitrogen and oxygen atoms in total. The van der Waals surface area contributed by atoms with E-state index in [-0.39, 0.29) is 89.9 Å². The second kappa shape index (κ2) is 27.9. The Labute approximate surface area is 444 Å². The second-order valence-corrected chi connectivity index (χ2v) is 22.3. The molecule has 4 fully saturated rings. The molecular weight excluding hydrogens is 979 g/mol. The van der Waals surface area contributed by atoms with E-state index in [0.29, 0.717) is 121 Å². The maximum atomic E-state index is 13.9. The number of Topliss-reactive ketones (excluding diaryl/α,β-unsaturated/α-hetero) is 2. The summed E-state index contributed by atoms with van der Waals surface area (Å²) in [5.74, 6) is -3.30. The summed E-state index contributed by atoms with van der Waals surface area (Å²) in [6.45, 7) is 7.64. The first-order valence-corrected chi connectivity index (χ1v) is 28.4. The molecule has 3 N–H and O–H groups in total. The van der Waals surface area contributed by atoms with Crippen molar-refractivity contribution in [2.75, 3.05) is 18.3 Å². The molecule has 0 saturated heterocycles. The molecule has 4 aliphatic rings. The number of esters is 4. The van der Waals surface area contributed by atoms with Crippen LogP contribution < -0.4 is 30.5 Å². The number of ether oxygens (including phenoxy) is 4. The molecule has 0 aliphatic heterocycles. The van der Waals surface area contributed by atoms with Gasteiger partial charge in [-0.15, -0.1) is 0 Å². The van der Waals surface area contributed by atoms with Gasteiger partial charge in [0.25, 0.3) is 0 Å². The molecule has 18 heteroatoms. The van der Waals surface area contributed by atoms with Gasteiger partial charge in [-0.05, 0) is 160 Å². The zero-order valence-corrected chi connectivity index (χ0v) is 45.0. The topological polar surface area (TPSA) is 226 Å². The van der Waals surface area contributed by atoms with E-state index in [1.54, 1.807) is 50.3 Å². The van der Waals surface area contributed by atoms with Crippen LogP contribution >= 0.6 is 11.3 Å². The summed E-state index contributed by atoms with van der Waals surface area (Å²) in [5.41, 5.74) is 5.02. The number of unbranched alkanes of at least 4 members (excludes halogenated alkanes) is 3. The highest BCUT2D eigenvalue weighted by molar-refractivity contribution is 7.22. The Kier molecular flexibility index (Phi) is 21.2. The average Bonchev–Trinajstić information content (AvgIpc) is 3.85. The minimum Gasteiger partial charge on any atom is -0.444 e. The van der Waals surface area contributed by atoms with Crippen LogP contribution in [-0.4, -0.2) is 71.7 Å². The third-order valence-corrected chi connectivity index (χ3v) is 17.0. The molecule has 2 aromatic carbocycles. The van der Waals surface area contributed by atoms with Crippen molar-refractivity contribution in [2.45, 2.75) is 169 Å². The largest absolute Gasteiger partial charge is 0.444 e. The number of benzene rings is 2. The van der Waals surface area contributed by atoms with Crippen molar-refractivity contribution in [1.29, 1.82) is 0 Å². The summed E-state index contributed by atoms with van der Waals surface area (Å²) in [4.78, 5) is 108. The minimum atomic E-state index is -0.810.